The summed E-state index contributed by atoms with van der Waals surface area (Å²) in [6, 6.07) is 0. The molecular weight excluding hydrogens is 184 g/mol. The molecule has 0 atom stereocenters. The fourth-order valence-electron chi connectivity index (χ4n) is 0.969. The molecule has 5 heteroatoms. The van der Waals surface area contributed by atoms with Crippen molar-refractivity contribution in [3.63, 3.8) is 0 Å². The van der Waals surface area contributed by atoms with Gasteiger partial charge in [0.1, 0.15) is 0 Å². The van der Waals surface area contributed by atoms with Crippen molar-refractivity contribution < 1.29 is 14.7 Å². The van der Waals surface area contributed by atoms with Crippen LogP contribution in [-0.2, 0) is 9.59 Å². The van der Waals surface area contributed by atoms with Crippen LogP contribution in [0.1, 0.15) is 20.3 Å². The van der Waals surface area contributed by atoms with E-state index in [1.54, 1.807) is 20.9 Å². The van der Waals surface area contributed by atoms with Crippen molar-refractivity contribution in [1.29, 1.82) is 0 Å². The molecule has 1 amide bonds. The smallest absolute Gasteiger partial charge is 0.305 e. The van der Waals surface area contributed by atoms with Crippen molar-refractivity contribution in [3.8, 4) is 0 Å². The van der Waals surface area contributed by atoms with Gasteiger partial charge in [0.05, 0.1) is 11.8 Å². The molecule has 0 spiro atoms. The van der Waals surface area contributed by atoms with Gasteiger partial charge in [-0.15, -0.1) is 0 Å². The van der Waals surface area contributed by atoms with E-state index in [9.17, 15) is 9.59 Å². The van der Waals surface area contributed by atoms with Crippen molar-refractivity contribution in [2.75, 3.05) is 20.1 Å². The quantitative estimate of drug-likeness (QED) is 0.652. The van der Waals surface area contributed by atoms with E-state index in [0.717, 1.165) is 0 Å². The second-order valence-electron chi connectivity index (χ2n) is 3.96. The van der Waals surface area contributed by atoms with Gasteiger partial charge in [-0.05, 0) is 13.8 Å². The summed E-state index contributed by atoms with van der Waals surface area (Å²) in [5.41, 5.74) is 4.82. The van der Waals surface area contributed by atoms with Crippen LogP contribution in [-0.4, -0.2) is 42.0 Å². The van der Waals surface area contributed by atoms with E-state index in [1.165, 1.54) is 4.90 Å². The van der Waals surface area contributed by atoms with Crippen LogP contribution in [0.25, 0.3) is 0 Å². The molecule has 5 nitrogen and oxygen atoms in total. The van der Waals surface area contributed by atoms with Gasteiger partial charge in [-0.1, -0.05) is 0 Å². The Morgan fingerprint density at radius 3 is 2.29 bits per heavy atom. The summed E-state index contributed by atoms with van der Waals surface area (Å²) in [6.45, 7) is 3.96. The molecule has 0 aliphatic rings. The summed E-state index contributed by atoms with van der Waals surface area (Å²) in [5, 5.41) is 8.44. The van der Waals surface area contributed by atoms with Gasteiger partial charge in [0.25, 0.3) is 0 Å². The SMILES string of the molecule is CN(CCC(=O)O)C(=O)C(C)(C)CN. The summed E-state index contributed by atoms with van der Waals surface area (Å²) >= 11 is 0. The number of rotatable bonds is 5. The number of amides is 1. The number of carbonyl (C=O) groups excluding carboxylic acids is 1. The normalized spacial score (nSPS) is 11.1. The van der Waals surface area contributed by atoms with Crippen LogP contribution in [0.4, 0.5) is 0 Å². The van der Waals surface area contributed by atoms with Crippen LogP contribution in [0.2, 0.25) is 0 Å². The molecule has 0 bridgehead atoms. The third-order valence-corrected chi connectivity index (χ3v) is 2.10. The van der Waals surface area contributed by atoms with Crippen molar-refractivity contribution in [1.82, 2.24) is 4.90 Å². The van der Waals surface area contributed by atoms with E-state index in [2.05, 4.69) is 0 Å². The molecule has 0 radical (unpaired) electrons. The first-order chi connectivity index (χ1) is 6.31. The molecule has 0 aliphatic carbocycles. The first-order valence-corrected chi connectivity index (χ1v) is 4.48. The number of carbonyl (C=O) groups is 2. The van der Waals surface area contributed by atoms with Gasteiger partial charge in [0, 0.05) is 20.1 Å². The van der Waals surface area contributed by atoms with E-state index >= 15 is 0 Å². The summed E-state index contributed by atoms with van der Waals surface area (Å²) < 4.78 is 0. The van der Waals surface area contributed by atoms with E-state index in [1.807, 2.05) is 0 Å². The Morgan fingerprint density at radius 2 is 1.93 bits per heavy atom. The lowest BCUT2D eigenvalue weighted by molar-refractivity contribution is -0.141. The Balaban J connectivity index is 4.19. The van der Waals surface area contributed by atoms with E-state index in [-0.39, 0.29) is 25.4 Å². The van der Waals surface area contributed by atoms with Gasteiger partial charge in [-0.3, -0.25) is 9.59 Å². The number of hydrogen-bond acceptors (Lipinski definition) is 3. The second kappa shape index (κ2) is 4.95. The minimum Gasteiger partial charge on any atom is -0.481 e. The van der Waals surface area contributed by atoms with Crippen molar-refractivity contribution in [2.24, 2.45) is 11.1 Å². The molecule has 0 aromatic heterocycles. The fraction of sp³-hybridized carbons (Fsp3) is 0.778. The Kier molecular flexibility index (Phi) is 4.56. The van der Waals surface area contributed by atoms with Crippen LogP contribution in [0, 0.1) is 5.41 Å². The number of carboxylic acids is 1. The monoisotopic (exact) mass is 202 g/mol. The minimum atomic E-state index is -0.907. The summed E-state index contributed by atoms with van der Waals surface area (Å²) in [5.74, 6) is -1.03. The average Bonchev–Trinajstić information content (AvgIpc) is 2.12. The lowest BCUT2D eigenvalue weighted by atomic mass is 9.92. The van der Waals surface area contributed by atoms with Crippen molar-refractivity contribution in [2.45, 2.75) is 20.3 Å². The lowest BCUT2D eigenvalue weighted by Crippen LogP contribution is -2.43. The highest BCUT2D eigenvalue weighted by molar-refractivity contribution is 5.82. The minimum absolute atomic E-state index is 0.0388. The van der Waals surface area contributed by atoms with E-state index in [0.29, 0.717) is 0 Å². The fourth-order valence-corrected chi connectivity index (χ4v) is 0.969. The van der Waals surface area contributed by atoms with Crippen LogP contribution in [0.5, 0.6) is 0 Å². The Bertz CT molecular complexity index is 226. The highest BCUT2D eigenvalue weighted by atomic mass is 16.4. The van der Waals surface area contributed by atoms with Gasteiger partial charge in [0.2, 0.25) is 5.91 Å². The predicted molar refractivity (Wildman–Crippen MR) is 52.7 cm³/mol. The number of aliphatic carboxylic acids is 1. The molecule has 0 saturated heterocycles. The van der Waals surface area contributed by atoms with Crippen LogP contribution >= 0.6 is 0 Å². The van der Waals surface area contributed by atoms with Crippen molar-refractivity contribution >= 4 is 11.9 Å². The zero-order valence-electron chi connectivity index (χ0n) is 8.91. The molecule has 3 N–H and O–H groups in total. The zero-order chi connectivity index (χ0) is 11.4. The zero-order valence-corrected chi connectivity index (χ0v) is 8.91. The first-order valence-electron chi connectivity index (χ1n) is 4.48. The number of hydrogen-bond donors (Lipinski definition) is 2. The van der Waals surface area contributed by atoms with Crippen molar-refractivity contribution in [3.05, 3.63) is 0 Å². The topological polar surface area (TPSA) is 83.6 Å². The van der Waals surface area contributed by atoms with Gasteiger partial charge < -0.3 is 15.7 Å². The molecule has 0 rings (SSSR count). The molecule has 0 heterocycles. The van der Waals surface area contributed by atoms with Gasteiger partial charge in [0.15, 0.2) is 0 Å². The third kappa shape index (κ3) is 3.74. The molecule has 0 unspecified atom stereocenters. The first kappa shape index (κ1) is 12.9. The standard InChI is InChI=1S/C9H18N2O3/c1-9(2,6-10)8(14)11(3)5-4-7(12)13/h4-6,10H2,1-3H3,(H,12,13). The molecule has 0 aliphatic heterocycles. The molecule has 82 valence electrons. The Hall–Kier alpha value is -1.10. The van der Waals surface area contributed by atoms with Gasteiger partial charge in [-0.25, -0.2) is 0 Å². The van der Waals surface area contributed by atoms with Crippen LogP contribution < -0.4 is 5.73 Å². The summed E-state index contributed by atoms with van der Waals surface area (Å²) in [6.07, 6.45) is -0.0388. The lowest BCUT2D eigenvalue weighted by Gasteiger charge is -2.27. The second-order valence-corrected chi connectivity index (χ2v) is 3.96. The summed E-state index contributed by atoms with van der Waals surface area (Å²) in [4.78, 5) is 23.3. The maximum atomic E-state index is 11.7. The molecule has 0 fully saturated rings. The molecule has 0 aromatic carbocycles. The van der Waals surface area contributed by atoms with E-state index in [4.69, 9.17) is 10.8 Å². The van der Waals surface area contributed by atoms with Gasteiger partial charge >= 0.3 is 5.97 Å². The third-order valence-electron chi connectivity index (χ3n) is 2.10. The average molecular weight is 202 g/mol. The van der Waals surface area contributed by atoms with Crippen LogP contribution in [0.15, 0.2) is 0 Å². The number of nitrogens with zero attached hydrogens (tertiary/aromatic N) is 1. The predicted octanol–water partition coefficient (Wildman–Crippen LogP) is -0.0956. The maximum Gasteiger partial charge on any atom is 0.305 e. The van der Waals surface area contributed by atoms with E-state index < -0.39 is 11.4 Å². The largest absolute Gasteiger partial charge is 0.481 e. The number of nitrogens with two attached hydrogens (primary N) is 1. The highest BCUT2D eigenvalue weighted by Crippen LogP contribution is 2.15. The number of carboxylic acid groups (broad SMARTS) is 1. The molecule has 0 saturated carbocycles. The molecular formula is C9H18N2O3. The Labute approximate surface area is 83.9 Å². The van der Waals surface area contributed by atoms with Gasteiger partial charge in [-0.2, -0.15) is 0 Å². The Morgan fingerprint density at radius 1 is 1.43 bits per heavy atom. The summed E-state index contributed by atoms with van der Waals surface area (Å²) in [7, 11) is 1.59. The maximum absolute atomic E-state index is 11.7. The molecule has 14 heavy (non-hydrogen) atoms. The van der Waals surface area contributed by atoms with Crippen LogP contribution in [0.3, 0.4) is 0 Å². The molecule has 0 aromatic rings. The highest BCUT2D eigenvalue weighted by Gasteiger charge is 2.28.